The molecule has 4 heteroatoms. The smallest absolute Gasteiger partial charge is 0.126 e. The molecule has 0 amide bonds. The summed E-state index contributed by atoms with van der Waals surface area (Å²) in [6.07, 6.45) is 0. The van der Waals surface area contributed by atoms with Crippen molar-refractivity contribution in [3.8, 4) is 5.75 Å². The number of hydrogen-bond acceptors (Lipinski definition) is 2. The van der Waals surface area contributed by atoms with Gasteiger partial charge in [0.15, 0.2) is 0 Å². The largest absolute Gasteiger partial charge is 0.496 e. The van der Waals surface area contributed by atoms with E-state index >= 15 is 0 Å². The van der Waals surface area contributed by atoms with E-state index in [4.69, 9.17) is 4.74 Å². The number of rotatable bonds is 5. The topological polar surface area (TPSA) is 21.3 Å². The molecular formula is C17H19F2NO. The van der Waals surface area contributed by atoms with Crippen LogP contribution in [0.4, 0.5) is 8.78 Å². The first-order chi connectivity index (χ1) is 10.0. The van der Waals surface area contributed by atoms with E-state index in [1.165, 1.54) is 12.1 Å². The van der Waals surface area contributed by atoms with Gasteiger partial charge in [0.1, 0.15) is 17.4 Å². The fourth-order valence-corrected chi connectivity index (χ4v) is 2.41. The number of hydrogen-bond donors (Lipinski definition) is 1. The second-order valence-corrected chi connectivity index (χ2v) is 5.05. The summed E-state index contributed by atoms with van der Waals surface area (Å²) >= 11 is 0. The minimum atomic E-state index is -0.566. The lowest BCUT2D eigenvalue weighted by Gasteiger charge is -2.22. The van der Waals surface area contributed by atoms with E-state index in [0.717, 1.165) is 17.4 Å². The van der Waals surface area contributed by atoms with E-state index in [-0.39, 0.29) is 12.1 Å². The highest BCUT2D eigenvalue weighted by molar-refractivity contribution is 5.35. The van der Waals surface area contributed by atoms with Crippen molar-refractivity contribution in [3.05, 3.63) is 65.2 Å². The van der Waals surface area contributed by atoms with Crippen LogP contribution < -0.4 is 10.1 Å². The van der Waals surface area contributed by atoms with Crippen molar-refractivity contribution in [2.24, 2.45) is 0 Å². The monoisotopic (exact) mass is 291 g/mol. The van der Waals surface area contributed by atoms with Crippen molar-refractivity contribution in [2.75, 3.05) is 7.11 Å². The molecule has 0 fully saturated rings. The quantitative estimate of drug-likeness (QED) is 0.882. The fraction of sp³-hybridized carbons (Fsp3) is 0.294. The van der Waals surface area contributed by atoms with Crippen LogP contribution >= 0.6 is 0 Å². The second kappa shape index (κ2) is 6.68. The van der Waals surface area contributed by atoms with E-state index in [1.807, 2.05) is 38.1 Å². The Labute approximate surface area is 123 Å². The molecule has 2 atom stereocenters. The first-order valence-corrected chi connectivity index (χ1v) is 6.86. The summed E-state index contributed by atoms with van der Waals surface area (Å²) in [5.41, 5.74) is 1.58. The van der Waals surface area contributed by atoms with Crippen LogP contribution in [-0.4, -0.2) is 7.11 Å². The molecule has 0 saturated carbocycles. The van der Waals surface area contributed by atoms with E-state index in [9.17, 15) is 8.78 Å². The summed E-state index contributed by atoms with van der Waals surface area (Å²) in [5.74, 6) is -0.345. The molecule has 0 aliphatic rings. The Morgan fingerprint density at radius 1 is 0.952 bits per heavy atom. The van der Waals surface area contributed by atoms with Crippen molar-refractivity contribution >= 4 is 0 Å². The van der Waals surface area contributed by atoms with Gasteiger partial charge in [-0.2, -0.15) is 0 Å². The summed E-state index contributed by atoms with van der Waals surface area (Å²) < 4.78 is 31.9. The summed E-state index contributed by atoms with van der Waals surface area (Å²) in [7, 11) is 1.62. The first kappa shape index (κ1) is 15.4. The standard InChI is InChI=1S/C17H19F2NO/c1-11(13-8-14(18)10-15(19)9-13)20-12(2)16-6-4-5-7-17(16)21-3/h4-12,20H,1-3H3/t11?,12-/m0/s1. The van der Waals surface area contributed by atoms with Crippen LogP contribution in [0.15, 0.2) is 42.5 Å². The molecule has 2 nitrogen and oxygen atoms in total. The Hall–Kier alpha value is -1.94. The Balaban J connectivity index is 2.16. The van der Waals surface area contributed by atoms with E-state index in [1.54, 1.807) is 7.11 Å². The molecule has 0 spiro atoms. The fourth-order valence-electron chi connectivity index (χ4n) is 2.41. The number of halogens is 2. The molecule has 0 aliphatic carbocycles. The van der Waals surface area contributed by atoms with Crippen molar-refractivity contribution in [3.63, 3.8) is 0 Å². The predicted octanol–water partition coefficient (Wildman–Crippen LogP) is 4.39. The lowest BCUT2D eigenvalue weighted by atomic mass is 10.0. The van der Waals surface area contributed by atoms with E-state index in [0.29, 0.717) is 5.56 Å². The number of methoxy groups -OCH3 is 1. The zero-order chi connectivity index (χ0) is 15.4. The SMILES string of the molecule is COc1ccccc1[C@H](C)NC(C)c1cc(F)cc(F)c1. The number of benzene rings is 2. The number of para-hydroxylation sites is 1. The summed E-state index contributed by atoms with van der Waals surface area (Å²) in [6, 6.07) is 11.1. The molecule has 21 heavy (non-hydrogen) atoms. The van der Waals surface area contributed by atoms with Gasteiger partial charge in [0.2, 0.25) is 0 Å². The second-order valence-electron chi connectivity index (χ2n) is 5.05. The average molecular weight is 291 g/mol. The Bertz CT molecular complexity index is 595. The van der Waals surface area contributed by atoms with Gasteiger partial charge in [0.25, 0.3) is 0 Å². The van der Waals surface area contributed by atoms with Gasteiger partial charge in [-0.1, -0.05) is 18.2 Å². The van der Waals surface area contributed by atoms with Gasteiger partial charge < -0.3 is 10.1 Å². The Kier molecular flexibility index (Phi) is 4.91. The van der Waals surface area contributed by atoms with Crippen LogP contribution in [0.3, 0.4) is 0 Å². The zero-order valence-electron chi connectivity index (χ0n) is 12.4. The molecule has 0 bridgehead atoms. The molecule has 1 unspecified atom stereocenters. The lowest BCUT2D eigenvalue weighted by molar-refractivity contribution is 0.396. The van der Waals surface area contributed by atoms with Gasteiger partial charge in [0, 0.05) is 23.7 Å². The van der Waals surface area contributed by atoms with Crippen LogP contribution in [0.1, 0.15) is 37.1 Å². The molecule has 0 aromatic heterocycles. The van der Waals surface area contributed by atoms with Gasteiger partial charge in [-0.05, 0) is 37.6 Å². The molecule has 2 aromatic rings. The first-order valence-electron chi connectivity index (χ1n) is 6.86. The van der Waals surface area contributed by atoms with Gasteiger partial charge in [-0.3, -0.25) is 0 Å². The van der Waals surface area contributed by atoms with Gasteiger partial charge in [-0.15, -0.1) is 0 Å². The van der Waals surface area contributed by atoms with Crippen LogP contribution in [0.2, 0.25) is 0 Å². The van der Waals surface area contributed by atoms with Gasteiger partial charge in [0.05, 0.1) is 7.11 Å². The van der Waals surface area contributed by atoms with Crippen molar-refractivity contribution in [1.29, 1.82) is 0 Å². The molecular weight excluding hydrogens is 272 g/mol. The summed E-state index contributed by atoms with van der Waals surface area (Å²) in [4.78, 5) is 0. The lowest BCUT2D eigenvalue weighted by Crippen LogP contribution is -2.23. The molecule has 0 saturated heterocycles. The predicted molar refractivity (Wildman–Crippen MR) is 79.3 cm³/mol. The van der Waals surface area contributed by atoms with Crippen molar-refractivity contribution in [2.45, 2.75) is 25.9 Å². The van der Waals surface area contributed by atoms with Crippen molar-refractivity contribution in [1.82, 2.24) is 5.32 Å². The van der Waals surface area contributed by atoms with Gasteiger partial charge >= 0.3 is 0 Å². The Morgan fingerprint density at radius 2 is 1.57 bits per heavy atom. The minimum Gasteiger partial charge on any atom is -0.496 e. The molecule has 112 valence electrons. The molecule has 0 heterocycles. The highest BCUT2D eigenvalue weighted by Gasteiger charge is 2.15. The molecule has 0 aliphatic heterocycles. The van der Waals surface area contributed by atoms with Crippen LogP contribution in [0, 0.1) is 11.6 Å². The van der Waals surface area contributed by atoms with Crippen LogP contribution in [-0.2, 0) is 0 Å². The number of ether oxygens (including phenoxy) is 1. The highest BCUT2D eigenvalue weighted by atomic mass is 19.1. The highest BCUT2D eigenvalue weighted by Crippen LogP contribution is 2.27. The maximum atomic E-state index is 13.3. The van der Waals surface area contributed by atoms with E-state index < -0.39 is 11.6 Å². The van der Waals surface area contributed by atoms with Crippen LogP contribution in [0.25, 0.3) is 0 Å². The van der Waals surface area contributed by atoms with Crippen LogP contribution in [0.5, 0.6) is 5.75 Å². The maximum absolute atomic E-state index is 13.3. The normalized spacial score (nSPS) is 13.8. The average Bonchev–Trinajstić information content (AvgIpc) is 2.46. The minimum absolute atomic E-state index is 0.0116. The number of nitrogens with one attached hydrogen (secondary N) is 1. The van der Waals surface area contributed by atoms with Gasteiger partial charge in [-0.25, -0.2) is 8.78 Å². The third kappa shape index (κ3) is 3.79. The Morgan fingerprint density at radius 3 is 2.19 bits per heavy atom. The molecule has 0 radical (unpaired) electrons. The van der Waals surface area contributed by atoms with Crippen molar-refractivity contribution < 1.29 is 13.5 Å². The third-order valence-electron chi connectivity index (χ3n) is 3.49. The third-order valence-corrected chi connectivity index (χ3v) is 3.49. The summed E-state index contributed by atoms with van der Waals surface area (Å²) in [5, 5.41) is 3.33. The zero-order valence-corrected chi connectivity index (χ0v) is 12.4. The molecule has 2 rings (SSSR count). The maximum Gasteiger partial charge on any atom is 0.126 e. The molecule has 1 N–H and O–H groups in total. The molecule has 2 aromatic carbocycles. The van der Waals surface area contributed by atoms with E-state index in [2.05, 4.69) is 5.32 Å². The summed E-state index contributed by atoms with van der Waals surface area (Å²) in [6.45, 7) is 3.87.